The number of nitrogens with zero attached hydrogens (tertiary/aromatic N) is 1. The molecule has 0 bridgehead atoms. The standard InChI is InChI=1S/C13H17NO3S2/c1-4-10-11-6-5-9(19(15,16)17)7-12(11)18-13(10)14-8(2)3/h5-8,10H,4H2,1-3H3,(H,15,16,17). The summed E-state index contributed by atoms with van der Waals surface area (Å²) in [5, 5.41) is 1.03. The Labute approximate surface area is 118 Å². The lowest BCUT2D eigenvalue weighted by Crippen LogP contribution is -2.05. The fraction of sp³-hybridized carbons (Fsp3) is 0.462. The first kappa shape index (κ1) is 14.6. The predicted octanol–water partition coefficient (Wildman–Crippen LogP) is 3.34. The lowest BCUT2D eigenvalue weighted by molar-refractivity contribution is 0.483. The van der Waals surface area contributed by atoms with Gasteiger partial charge in [-0.25, -0.2) is 0 Å². The first-order valence-electron chi connectivity index (χ1n) is 6.20. The third-order valence-corrected chi connectivity index (χ3v) is 4.99. The van der Waals surface area contributed by atoms with E-state index in [1.165, 1.54) is 23.9 Å². The normalized spacial score (nSPS) is 21.1. The van der Waals surface area contributed by atoms with E-state index in [2.05, 4.69) is 11.9 Å². The maximum atomic E-state index is 11.2. The van der Waals surface area contributed by atoms with Gasteiger partial charge in [-0.2, -0.15) is 8.42 Å². The Balaban J connectivity index is 2.47. The van der Waals surface area contributed by atoms with Crippen molar-refractivity contribution in [3.8, 4) is 0 Å². The van der Waals surface area contributed by atoms with E-state index in [-0.39, 0.29) is 16.9 Å². The molecule has 0 aliphatic carbocycles. The lowest BCUT2D eigenvalue weighted by Gasteiger charge is -2.10. The summed E-state index contributed by atoms with van der Waals surface area (Å²) >= 11 is 1.50. The van der Waals surface area contributed by atoms with E-state index in [0.717, 1.165) is 21.9 Å². The predicted molar refractivity (Wildman–Crippen MR) is 77.7 cm³/mol. The average Bonchev–Trinajstić information content (AvgIpc) is 2.62. The lowest BCUT2D eigenvalue weighted by atomic mass is 9.98. The zero-order valence-electron chi connectivity index (χ0n) is 11.1. The van der Waals surface area contributed by atoms with Gasteiger partial charge in [0, 0.05) is 16.9 Å². The van der Waals surface area contributed by atoms with Crippen LogP contribution in [0.3, 0.4) is 0 Å². The van der Waals surface area contributed by atoms with Crippen LogP contribution in [-0.4, -0.2) is 24.1 Å². The summed E-state index contributed by atoms with van der Waals surface area (Å²) in [6.07, 6.45) is 0.927. The summed E-state index contributed by atoms with van der Waals surface area (Å²) in [6, 6.07) is 4.98. The third-order valence-electron chi connectivity index (χ3n) is 2.96. The molecule has 0 aromatic heterocycles. The average molecular weight is 299 g/mol. The van der Waals surface area contributed by atoms with Gasteiger partial charge in [0.15, 0.2) is 0 Å². The molecule has 6 heteroatoms. The second-order valence-electron chi connectivity index (χ2n) is 4.80. The number of benzene rings is 1. The topological polar surface area (TPSA) is 66.7 Å². The van der Waals surface area contributed by atoms with Crippen molar-refractivity contribution in [1.82, 2.24) is 0 Å². The molecule has 0 saturated heterocycles. The van der Waals surface area contributed by atoms with Crippen LogP contribution in [0.4, 0.5) is 0 Å². The second kappa shape index (κ2) is 5.26. The first-order chi connectivity index (χ1) is 8.82. The van der Waals surface area contributed by atoms with Crippen molar-refractivity contribution >= 4 is 26.9 Å². The molecule has 0 amide bonds. The van der Waals surface area contributed by atoms with Crippen molar-refractivity contribution in [2.24, 2.45) is 4.99 Å². The van der Waals surface area contributed by atoms with Crippen LogP contribution in [0.15, 0.2) is 33.0 Å². The molecule has 4 nitrogen and oxygen atoms in total. The van der Waals surface area contributed by atoms with Crippen LogP contribution in [0, 0.1) is 0 Å². The highest BCUT2D eigenvalue weighted by Crippen LogP contribution is 2.44. The Kier molecular flexibility index (Phi) is 4.03. The van der Waals surface area contributed by atoms with Crippen LogP contribution in [0.2, 0.25) is 0 Å². The van der Waals surface area contributed by atoms with Crippen LogP contribution in [0.1, 0.15) is 38.7 Å². The van der Waals surface area contributed by atoms with Gasteiger partial charge in [0.05, 0.1) is 9.94 Å². The molecule has 19 heavy (non-hydrogen) atoms. The van der Waals surface area contributed by atoms with Crippen molar-refractivity contribution in [2.75, 3.05) is 0 Å². The highest BCUT2D eigenvalue weighted by Gasteiger charge is 2.29. The summed E-state index contributed by atoms with van der Waals surface area (Å²) in [6.45, 7) is 6.13. The Morgan fingerprint density at radius 1 is 1.42 bits per heavy atom. The van der Waals surface area contributed by atoms with Gasteiger partial charge in [-0.3, -0.25) is 9.55 Å². The zero-order valence-corrected chi connectivity index (χ0v) is 12.8. The number of hydrogen-bond donors (Lipinski definition) is 1. The maximum Gasteiger partial charge on any atom is 0.294 e. The number of hydrogen-bond acceptors (Lipinski definition) is 4. The molecule has 1 aliphatic rings. The summed E-state index contributed by atoms with van der Waals surface area (Å²) in [5.41, 5.74) is 1.10. The maximum absolute atomic E-state index is 11.2. The van der Waals surface area contributed by atoms with Crippen molar-refractivity contribution in [3.63, 3.8) is 0 Å². The monoisotopic (exact) mass is 299 g/mol. The molecule has 2 rings (SSSR count). The van der Waals surface area contributed by atoms with Gasteiger partial charge in [-0.1, -0.05) is 24.8 Å². The molecule has 0 fully saturated rings. The minimum atomic E-state index is -4.14. The molecule has 1 atom stereocenters. The van der Waals surface area contributed by atoms with E-state index >= 15 is 0 Å². The largest absolute Gasteiger partial charge is 0.294 e. The molecule has 1 aromatic rings. The molecule has 1 unspecified atom stereocenters. The molecule has 0 spiro atoms. The molecule has 1 heterocycles. The summed E-state index contributed by atoms with van der Waals surface area (Å²) in [4.78, 5) is 5.42. The molecule has 1 aliphatic heterocycles. The number of fused-ring (bicyclic) bond motifs is 1. The van der Waals surface area contributed by atoms with Crippen LogP contribution in [0.5, 0.6) is 0 Å². The molecule has 1 N–H and O–H groups in total. The Morgan fingerprint density at radius 2 is 2.11 bits per heavy atom. The molecular weight excluding hydrogens is 282 g/mol. The number of aliphatic imine (C=N–C) groups is 1. The smallest absolute Gasteiger partial charge is 0.282 e. The van der Waals surface area contributed by atoms with E-state index < -0.39 is 10.1 Å². The fourth-order valence-electron chi connectivity index (χ4n) is 2.13. The zero-order chi connectivity index (χ0) is 14.2. The Morgan fingerprint density at radius 3 is 2.63 bits per heavy atom. The van der Waals surface area contributed by atoms with Crippen molar-refractivity contribution in [1.29, 1.82) is 0 Å². The second-order valence-corrected chi connectivity index (χ2v) is 7.28. The van der Waals surface area contributed by atoms with Gasteiger partial charge in [0.25, 0.3) is 10.1 Å². The van der Waals surface area contributed by atoms with Crippen molar-refractivity contribution < 1.29 is 13.0 Å². The van der Waals surface area contributed by atoms with Gasteiger partial charge in [0.1, 0.15) is 0 Å². The van der Waals surface area contributed by atoms with Gasteiger partial charge in [-0.15, -0.1) is 0 Å². The van der Waals surface area contributed by atoms with E-state index in [4.69, 9.17) is 4.55 Å². The molecule has 104 valence electrons. The third kappa shape index (κ3) is 3.01. The number of thioether (sulfide) groups is 1. The Hall–Kier alpha value is -0.850. The van der Waals surface area contributed by atoms with Gasteiger partial charge in [-0.05, 0) is 38.0 Å². The minimum absolute atomic E-state index is 0.0561. The van der Waals surface area contributed by atoms with Gasteiger partial charge >= 0.3 is 0 Å². The quantitative estimate of drug-likeness (QED) is 0.869. The molecule has 0 saturated carbocycles. The summed E-state index contributed by atoms with van der Waals surface area (Å²) < 4.78 is 31.4. The van der Waals surface area contributed by atoms with E-state index in [1.807, 2.05) is 13.8 Å². The van der Waals surface area contributed by atoms with Crippen LogP contribution < -0.4 is 0 Å². The first-order valence-corrected chi connectivity index (χ1v) is 8.45. The fourth-order valence-corrected chi connectivity index (χ4v) is 4.15. The highest BCUT2D eigenvalue weighted by molar-refractivity contribution is 8.14. The molecule has 0 radical (unpaired) electrons. The van der Waals surface area contributed by atoms with Crippen molar-refractivity contribution in [3.05, 3.63) is 23.8 Å². The van der Waals surface area contributed by atoms with Crippen LogP contribution in [0.25, 0.3) is 0 Å². The van der Waals surface area contributed by atoms with Gasteiger partial charge < -0.3 is 0 Å². The van der Waals surface area contributed by atoms with Gasteiger partial charge in [0.2, 0.25) is 0 Å². The van der Waals surface area contributed by atoms with Crippen molar-refractivity contribution in [2.45, 2.75) is 48.9 Å². The SMILES string of the molecule is CCC1C(=NC(C)C)Sc2cc(S(=O)(=O)O)ccc21. The van der Waals surface area contributed by atoms with Crippen LogP contribution in [-0.2, 0) is 10.1 Å². The summed E-state index contributed by atoms with van der Waals surface area (Å²) in [7, 11) is -4.14. The number of rotatable bonds is 3. The minimum Gasteiger partial charge on any atom is -0.282 e. The van der Waals surface area contributed by atoms with Crippen LogP contribution >= 0.6 is 11.8 Å². The van der Waals surface area contributed by atoms with E-state index in [0.29, 0.717) is 0 Å². The van der Waals surface area contributed by atoms with E-state index in [9.17, 15) is 8.42 Å². The Bertz CT molecular complexity index is 621. The van der Waals surface area contributed by atoms with E-state index in [1.54, 1.807) is 6.07 Å². The highest BCUT2D eigenvalue weighted by atomic mass is 32.2. The summed E-state index contributed by atoms with van der Waals surface area (Å²) in [5.74, 6) is 0.234. The molecule has 1 aromatic carbocycles. The molecular formula is C13H17NO3S2.